The highest BCUT2D eigenvalue weighted by Gasteiger charge is 2.35. The number of nitrogens with one attached hydrogen (secondary N) is 1. The van der Waals surface area contributed by atoms with Gasteiger partial charge in [0.25, 0.3) is 0 Å². The SMILES string of the molecule is COc1ccc(N2CC(C(=O)NCc3ccc(F)cc3)CC2=O)cc1OC. The van der Waals surface area contributed by atoms with E-state index < -0.39 is 5.92 Å². The molecular formula is C20H21FN2O4. The number of methoxy groups -OCH3 is 2. The van der Waals surface area contributed by atoms with Crippen molar-refractivity contribution < 1.29 is 23.5 Å². The standard InChI is InChI=1S/C20H21FN2O4/c1-26-17-8-7-16(10-18(17)27-2)23-12-14(9-19(23)24)20(25)22-11-13-3-5-15(21)6-4-13/h3-8,10,14H,9,11-12H2,1-2H3,(H,22,25). The molecule has 0 radical (unpaired) electrons. The average molecular weight is 372 g/mol. The highest BCUT2D eigenvalue weighted by Crippen LogP contribution is 2.34. The van der Waals surface area contributed by atoms with Gasteiger partial charge in [-0.25, -0.2) is 4.39 Å². The monoisotopic (exact) mass is 372 g/mol. The summed E-state index contributed by atoms with van der Waals surface area (Å²) in [6.07, 6.45) is 0.142. The molecule has 0 aliphatic carbocycles. The molecule has 1 N–H and O–H groups in total. The summed E-state index contributed by atoms with van der Waals surface area (Å²) in [4.78, 5) is 26.4. The van der Waals surface area contributed by atoms with E-state index in [2.05, 4.69) is 5.32 Å². The van der Waals surface area contributed by atoms with Crippen molar-refractivity contribution in [2.45, 2.75) is 13.0 Å². The van der Waals surface area contributed by atoms with Crippen molar-refractivity contribution in [1.29, 1.82) is 0 Å². The van der Waals surface area contributed by atoms with Crippen LogP contribution in [0.5, 0.6) is 11.5 Å². The van der Waals surface area contributed by atoms with Crippen LogP contribution in [0.1, 0.15) is 12.0 Å². The molecule has 6 nitrogen and oxygen atoms in total. The summed E-state index contributed by atoms with van der Waals surface area (Å²) in [7, 11) is 3.07. The lowest BCUT2D eigenvalue weighted by Crippen LogP contribution is -2.32. The van der Waals surface area contributed by atoms with E-state index >= 15 is 0 Å². The second kappa shape index (κ2) is 8.07. The minimum absolute atomic E-state index is 0.121. The molecule has 0 saturated carbocycles. The number of nitrogens with zero attached hydrogens (tertiary/aromatic N) is 1. The van der Waals surface area contributed by atoms with Crippen molar-refractivity contribution in [3.63, 3.8) is 0 Å². The summed E-state index contributed by atoms with van der Waals surface area (Å²) < 4.78 is 23.4. The van der Waals surface area contributed by atoms with Crippen LogP contribution in [0.2, 0.25) is 0 Å². The Morgan fingerprint density at radius 1 is 1.15 bits per heavy atom. The average Bonchev–Trinajstić information content (AvgIpc) is 3.08. The summed E-state index contributed by atoms with van der Waals surface area (Å²) in [5.74, 6) is 0.0105. The van der Waals surface area contributed by atoms with Crippen LogP contribution in [0.4, 0.5) is 10.1 Å². The maximum absolute atomic E-state index is 12.9. The number of ether oxygens (including phenoxy) is 2. The van der Waals surface area contributed by atoms with E-state index in [4.69, 9.17) is 9.47 Å². The van der Waals surface area contributed by atoms with Gasteiger partial charge in [-0.15, -0.1) is 0 Å². The van der Waals surface area contributed by atoms with Crippen LogP contribution in [0.25, 0.3) is 0 Å². The Morgan fingerprint density at radius 2 is 1.85 bits per heavy atom. The molecule has 1 heterocycles. The normalized spacial score (nSPS) is 16.3. The third-order valence-electron chi connectivity index (χ3n) is 4.55. The van der Waals surface area contributed by atoms with Crippen molar-refractivity contribution in [2.75, 3.05) is 25.7 Å². The summed E-state index contributed by atoms with van der Waals surface area (Å²) in [5, 5.41) is 2.81. The van der Waals surface area contributed by atoms with Gasteiger partial charge in [-0.05, 0) is 29.8 Å². The van der Waals surface area contributed by atoms with Crippen LogP contribution >= 0.6 is 0 Å². The molecule has 0 spiro atoms. The number of benzene rings is 2. The zero-order valence-corrected chi connectivity index (χ0v) is 15.2. The second-order valence-corrected chi connectivity index (χ2v) is 6.29. The number of rotatable bonds is 6. The van der Waals surface area contributed by atoms with Crippen LogP contribution in [0.15, 0.2) is 42.5 Å². The number of anilines is 1. The van der Waals surface area contributed by atoms with E-state index in [0.29, 0.717) is 30.3 Å². The molecule has 2 aromatic carbocycles. The van der Waals surface area contributed by atoms with E-state index in [1.54, 1.807) is 42.3 Å². The molecule has 1 atom stereocenters. The van der Waals surface area contributed by atoms with E-state index in [1.807, 2.05) is 0 Å². The van der Waals surface area contributed by atoms with Crippen LogP contribution in [0, 0.1) is 11.7 Å². The first-order chi connectivity index (χ1) is 13.0. The Labute approximate surface area is 156 Å². The first-order valence-corrected chi connectivity index (χ1v) is 8.56. The molecule has 3 rings (SSSR count). The molecule has 1 saturated heterocycles. The molecule has 2 aromatic rings. The highest BCUT2D eigenvalue weighted by atomic mass is 19.1. The predicted molar refractivity (Wildman–Crippen MR) is 98.3 cm³/mol. The number of amides is 2. The molecule has 0 aromatic heterocycles. The summed E-state index contributed by atoms with van der Waals surface area (Å²) in [5.41, 5.74) is 1.46. The van der Waals surface area contributed by atoms with Crippen LogP contribution in [0.3, 0.4) is 0 Å². The molecule has 1 aliphatic heterocycles. The number of carbonyl (C=O) groups excluding carboxylic acids is 2. The van der Waals surface area contributed by atoms with Gasteiger partial charge < -0.3 is 19.7 Å². The lowest BCUT2D eigenvalue weighted by molar-refractivity contribution is -0.126. The molecular weight excluding hydrogens is 351 g/mol. The smallest absolute Gasteiger partial charge is 0.227 e. The maximum Gasteiger partial charge on any atom is 0.227 e. The van der Waals surface area contributed by atoms with Crippen LogP contribution in [-0.2, 0) is 16.1 Å². The Hall–Kier alpha value is -3.09. The van der Waals surface area contributed by atoms with Gasteiger partial charge in [0.05, 0.1) is 20.1 Å². The molecule has 1 fully saturated rings. The molecule has 1 unspecified atom stereocenters. The highest BCUT2D eigenvalue weighted by molar-refractivity contribution is 6.00. The molecule has 27 heavy (non-hydrogen) atoms. The number of carbonyl (C=O) groups is 2. The van der Waals surface area contributed by atoms with Gasteiger partial charge in [0.2, 0.25) is 11.8 Å². The van der Waals surface area contributed by atoms with E-state index in [-0.39, 0.29) is 24.1 Å². The Morgan fingerprint density at radius 3 is 2.52 bits per heavy atom. The van der Waals surface area contributed by atoms with E-state index in [1.165, 1.54) is 19.2 Å². The molecule has 0 bridgehead atoms. The quantitative estimate of drug-likeness (QED) is 0.846. The predicted octanol–water partition coefficient (Wildman–Crippen LogP) is 2.51. The van der Waals surface area contributed by atoms with E-state index in [0.717, 1.165) is 5.56 Å². The van der Waals surface area contributed by atoms with Gasteiger partial charge in [0.1, 0.15) is 5.82 Å². The Kier molecular flexibility index (Phi) is 5.59. The zero-order chi connectivity index (χ0) is 19.4. The minimum Gasteiger partial charge on any atom is -0.493 e. The zero-order valence-electron chi connectivity index (χ0n) is 15.2. The fraction of sp³-hybridized carbons (Fsp3) is 0.300. The first-order valence-electron chi connectivity index (χ1n) is 8.56. The maximum atomic E-state index is 12.9. The second-order valence-electron chi connectivity index (χ2n) is 6.29. The molecule has 2 amide bonds. The summed E-state index contributed by atoms with van der Waals surface area (Å²) in [6.45, 7) is 0.587. The number of hydrogen-bond donors (Lipinski definition) is 1. The molecule has 1 aliphatic rings. The summed E-state index contributed by atoms with van der Waals surface area (Å²) in [6, 6.07) is 11.1. The van der Waals surface area contributed by atoms with Gasteiger partial charge in [-0.1, -0.05) is 12.1 Å². The third kappa shape index (κ3) is 4.19. The minimum atomic E-state index is -0.439. The van der Waals surface area contributed by atoms with Gasteiger partial charge in [0, 0.05) is 31.3 Å². The first kappa shape index (κ1) is 18.7. The summed E-state index contributed by atoms with van der Waals surface area (Å²) >= 11 is 0. The van der Waals surface area contributed by atoms with Gasteiger partial charge in [-0.2, -0.15) is 0 Å². The van der Waals surface area contributed by atoms with Gasteiger partial charge in [0.15, 0.2) is 11.5 Å². The third-order valence-corrected chi connectivity index (χ3v) is 4.55. The van der Waals surface area contributed by atoms with Gasteiger partial charge in [-0.3, -0.25) is 9.59 Å². The van der Waals surface area contributed by atoms with Crippen molar-refractivity contribution >= 4 is 17.5 Å². The van der Waals surface area contributed by atoms with Crippen molar-refractivity contribution in [3.05, 3.63) is 53.8 Å². The molecule has 7 heteroatoms. The lowest BCUT2D eigenvalue weighted by atomic mass is 10.1. The van der Waals surface area contributed by atoms with Crippen molar-refractivity contribution in [3.8, 4) is 11.5 Å². The molecule has 142 valence electrons. The van der Waals surface area contributed by atoms with E-state index in [9.17, 15) is 14.0 Å². The Bertz CT molecular complexity index is 838. The Balaban J connectivity index is 1.64. The van der Waals surface area contributed by atoms with Crippen molar-refractivity contribution in [2.24, 2.45) is 5.92 Å². The van der Waals surface area contributed by atoms with Crippen molar-refractivity contribution in [1.82, 2.24) is 5.32 Å². The fourth-order valence-corrected chi connectivity index (χ4v) is 3.06. The number of halogens is 1. The van der Waals surface area contributed by atoms with Crippen LogP contribution < -0.4 is 19.7 Å². The fourth-order valence-electron chi connectivity index (χ4n) is 3.06. The van der Waals surface area contributed by atoms with Crippen LogP contribution in [-0.4, -0.2) is 32.6 Å². The lowest BCUT2D eigenvalue weighted by Gasteiger charge is -2.18. The number of hydrogen-bond acceptors (Lipinski definition) is 4. The largest absolute Gasteiger partial charge is 0.493 e. The topological polar surface area (TPSA) is 67.9 Å². The van der Waals surface area contributed by atoms with Gasteiger partial charge >= 0.3 is 0 Å².